The molecule has 0 fully saturated rings. The molecule has 0 aliphatic heterocycles. The van der Waals surface area contributed by atoms with E-state index in [0.29, 0.717) is 6.54 Å². The average molecular weight is 234 g/mol. The molecule has 0 aliphatic carbocycles. The molecule has 2 aromatic heterocycles. The lowest BCUT2D eigenvalue weighted by Crippen LogP contribution is -2.17. The van der Waals surface area contributed by atoms with Gasteiger partial charge in [0.2, 0.25) is 0 Å². The second-order valence-corrected chi connectivity index (χ2v) is 4.17. The number of hydrogen-bond acceptors (Lipinski definition) is 4. The van der Waals surface area contributed by atoms with E-state index in [0.717, 1.165) is 18.0 Å². The quantitative estimate of drug-likeness (QED) is 0.860. The van der Waals surface area contributed by atoms with E-state index in [1.807, 2.05) is 23.9 Å². The number of aryl methyl sites for hydroxylation is 2. The molecule has 2 rings (SSSR count). The summed E-state index contributed by atoms with van der Waals surface area (Å²) in [5.41, 5.74) is 2.09. The largest absolute Gasteiger partial charge is 0.360 e. The monoisotopic (exact) mass is 234 g/mol. The molecule has 17 heavy (non-hydrogen) atoms. The molecule has 0 bridgehead atoms. The summed E-state index contributed by atoms with van der Waals surface area (Å²) >= 11 is 0. The van der Waals surface area contributed by atoms with Crippen LogP contribution in [0.15, 0.2) is 23.0 Å². The molecule has 0 spiro atoms. The first kappa shape index (κ1) is 11.9. The second kappa shape index (κ2) is 5.14. The fourth-order valence-corrected chi connectivity index (χ4v) is 1.65. The summed E-state index contributed by atoms with van der Waals surface area (Å²) in [6, 6.07) is 2.19. The van der Waals surface area contributed by atoms with Crippen LogP contribution in [0.2, 0.25) is 0 Å². The molecule has 5 heteroatoms. The van der Waals surface area contributed by atoms with Crippen LogP contribution in [0.5, 0.6) is 0 Å². The summed E-state index contributed by atoms with van der Waals surface area (Å²) < 4.78 is 7.07. The number of rotatable bonds is 5. The summed E-state index contributed by atoms with van der Waals surface area (Å²) in [6.07, 6.45) is 3.95. The summed E-state index contributed by atoms with van der Waals surface area (Å²) in [5, 5.41) is 11.5. The van der Waals surface area contributed by atoms with Crippen molar-refractivity contribution in [3.63, 3.8) is 0 Å². The highest BCUT2D eigenvalue weighted by Crippen LogP contribution is 2.12. The fraction of sp³-hybridized carbons (Fsp3) is 0.500. The molecule has 0 radical (unpaired) electrons. The maximum Gasteiger partial charge on any atom is 0.150 e. The number of aromatic nitrogens is 3. The minimum absolute atomic E-state index is 0.251. The topological polar surface area (TPSA) is 55.9 Å². The van der Waals surface area contributed by atoms with Crippen LogP contribution in [0.3, 0.4) is 0 Å². The molecule has 0 aromatic carbocycles. The summed E-state index contributed by atoms with van der Waals surface area (Å²) in [5.74, 6) is 0.859. The van der Waals surface area contributed by atoms with E-state index in [9.17, 15) is 0 Å². The van der Waals surface area contributed by atoms with Crippen LogP contribution in [0, 0.1) is 6.92 Å². The zero-order valence-electron chi connectivity index (χ0n) is 10.5. The highest BCUT2D eigenvalue weighted by Gasteiger charge is 2.08. The van der Waals surface area contributed by atoms with Crippen LogP contribution in [-0.4, -0.2) is 14.9 Å². The predicted molar refractivity (Wildman–Crippen MR) is 64.4 cm³/mol. The van der Waals surface area contributed by atoms with Crippen molar-refractivity contribution in [2.75, 3.05) is 0 Å². The highest BCUT2D eigenvalue weighted by molar-refractivity contribution is 5.10. The third-order valence-corrected chi connectivity index (χ3v) is 2.74. The molecule has 1 N–H and O–H groups in total. The van der Waals surface area contributed by atoms with Gasteiger partial charge in [0.15, 0.2) is 5.76 Å². The van der Waals surface area contributed by atoms with Crippen molar-refractivity contribution in [2.45, 2.75) is 39.9 Å². The van der Waals surface area contributed by atoms with Gasteiger partial charge < -0.3 is 9.84 Å². The summed E-state index contributed by atoms with van der Waals surface area (Å²) in [4.78, 5) is 0. The Hall–Kier alpha value is -1.62. The first-order chi connectivity index (χ1) is 8.19. The van der Waals surface area contributed by atoms with Crippen LogP contribution < -0.4 is 5.32 Å². The van der Waals surface area contributed by atoms with E-state index < -0.39 is 0 Å². The lowest BCUT2D eigenvalue weighted by atomic mass is 10.2. The van der Waals surface area contributed by atoms with Crippen molar-refractivity contribution in [1.82, 2.24) is 20.3 Å². The Morgan fingerprint density at radius 2 is 2.35 bits per heavy atom. The smallest absolute Gasteiger partial charge is 0.150 e. The Bertz CT molecular complexity index is 474. The van der Waals surface area contributed by atoms with Crippen LogP contribution >= 0.6 is 0 Å². The zero-order valence-corrected chi connectivity index (χ0v) is 10.5. The fourth-order valence-electron chi connectivity index (χ4n) is 1.65. The van der Waals surface area contributed by atoms with Gasteiger partial charge in [-0.1, -0.05) is 5.16 Å². The van der Waals surface area contributed by atoms with Gasteiger partial charge in [-0.2, -0.15) is 5.10 Å². The van der Waals surface area contributed by atoms with E-state index in [4.69, 9.17) is 4.52 Å². The van der Waals surface area contributed by atoms with Gasteiger partial charge in [0.25, 0.3) is 0 Å². The van der Waals surface area contributed by atoms with Crippen LogP contribution in [0.4, 0.5) is 0 Å². The normalized spacial score (nSPS) is 12.9. The molecule has 2 aromatic rings. The second-order valence-electron chi connectivity index (χ2n) is 4.17. The lowest BCUT2D eigenvalue weighted by Gasteiger charge is -2.09. The maximum absolute atomic E-state index is 5.14. The Balaban J connectivity index is 1.90. The van der Waals surface area contributed by atoms with Crippen molar-refractivity contribution in [2.24, 2.45) is 0 Å². The lowest BCUT2D eigenvalue weighted by molar-refractivity contribution is 0.363. The minimum Gasteiger partial charge on any atom is -0.360 e. The molecule has 1 atom stereocenters. The average Bonchev–Trinajstić information content (AvgIpc) is 2.94. The Labute approximate surface area is 101 Å². The molecule has 1 unspecified atom stereocenters. The first-order valence-corrected chi connectivity index (χ1v) is 5.87. The molecule has 0 amide bonds. The molecule has 0 saturated heterocycles. The van der Waals surface area contributed by atoms with Crippen LogP contribution in [-0.2, 0) is 13.1 Å². The van der Waals surface area contributed by atoms with Gasteiger partial charge in [-0.25, -0.2) is 0 Å². The number of hydrogen-bond donors (Lipinski definition) is 1. The Morgan fingerprint density at radius 3 is 2.94 bits per heavy atom. The van der Waals surface area contributed by atoms with Gasteiger partial charge >= 0.3 is 0 Å². The number of nitrogens with one attached hydrogen (secondary N) is 1. The molecule has 92 valence electrons. The van der Waals surface area contributed by atoms with E-state index in [1.54, 1.807) is 0 Å². The van der Waals surface area contributed by atoms with E-state index in [1.165, 1.54) is 5.56 Å². The molecule has 2 heterocycles. The Morgan fingerprint density at radius 1 is 1.53 bits per heavy atom. The molecule has 0 aliphatic rings. The van der Waals surface area contributed by atoms with Gasteiger partial charge in [0.05, 0.1) is 18.4 Å². The van der Waals surface area contributed by atoms with Gasteiger partial charge in [-0.05, 0) is 20.8 Å². The molecule has 0 saturated carbocycles. The van der Waals surface area contributed by atoms with Gasteiger partial charge in [-0.3, -0.25) is 4.68 Å². The van der Waals surface area contributed by atoms with E-state index >= 15 is 0 Å². The van der Waals surface area contributed by atoms with Gasteiger partial charge in [-0.15, -0.1) is 0 Å². The Kier molecular flexibility index (Phi) is 3.58. The standard InChI is InChI=1S/C12H18N4O/c1-4-16-8-11(6-14-16)10(3)13-7-12-5-9(2)15-17-12/h5-6,8,10,13H,4,7H2,1-3H3. The van der Waals surface area contributed by atoms with Crippen molar-refractivity contribution in [3.05, 3.63) is 35.5 Å². The van der Waals surface area contributed by atoms with Crippen LogP contribution in [0.25, 0.3) is 0 Å². The van der Waals surface area contributed by atoms with Crippen molar-refractivity contribution in [3.8, 4) is 0 Å². The predicted octanol–water partition coefficient (Wildman–Crippen LogP) is 2.05. The van der Waals surface area contributed by atoms with Crippen LogP contribution in [0.1, 0.15) is 36.9 Å². The van der Waals surface area contributed by atoms with E-state index in [-0.39, 0.29) is 6.04 Å². The third-order valence-electron chi connectivity index (χ3n) is 2.74. The first-order valence-electron chi connectivity index (χ1n) is 5.87. The third kappa shape index (κ3) is 2.94. The van der Waals surface area contributed by atoms with Crippen molar-refractivity contribution >= 4 is 0 Å². The minimum atomic E-state index is 0.251. The number of nitrogens with zero attached hydrogens (tertiary/aromatic N) is 3. The summed E-state index contributed by atoms with van der Waals surface area (Å²) in [7, 11) is 0. The van der Waals surface area contributed by atoms with Gasteiger partial charge in [0, 0.05) is 30.4 Å². The zero-order chi connectivity index (χ0) is 12.3. The van der Waals surface area contributed by atoms with Gasteiger partial charge in [0.1, 0.15) is 0 Å². The molecule has 5 nitrogen and oxygen atoms in total. The highest BCUT2D eigenvalue weighted by atomic mass is 16.5. The van der Waals surface area contributed by atoms with Crippen molar-refractivity contribution < 1.29 is 4.52 Å². The molecular weight excluding hydrogens is 216 g/mol. The maximum atomic E-state index is 5.14. The summed E-state index contributed by atoms with van der Waals surface area (Å²) in [6.45, 7) is 7.68. The van der Waals surface area contributed by atoms with E-state index in [2.05, 4.69) is 35.6 Å². The SMILES string of the molecule is CCn1cc(C(C)NCc2cc(C)no2)cn1. The van der Waals surface area contributed by atoms with Crippen molar-refractivity contribution in [1.29, 1.82) is 0 Å². The molecular formula is C12H18N4O.